The lowest BCUT2D eigenvalue weighted by Crippen LogP contribution is -2.30. The fourth-order valence-corrected chi connectivity index (χ4v) is 3.40. The molecule has 5 heteroatoms. The van der Waals surface area contributed by atoms with Crippen molar-refractivity contribution in [3.63, 3.8) is 0 Å². The van der Waals surface area contributed by atoms with E-state index in [1.54, 1.807) is 13.0 Å². The molecular weight excluding hydrogens is 311 g/mol. The first-order chi connectivity index (χ1) is 11.5. The van der Waals surface area contributed by atoms with E-state index < -0.39 is 17.9 Å². The van der Waals surface area contributed by atoms with Crippen LogP contribution >= 0.6 is 0 Å². The molecule has 0 bridgehead atoms. The summed E-state index contributed by atoms with van der Waals surface area (Å²) in [5.41, 5.74) is 1.46. The number of benzene rings is 2. The third-order valence-electron chi connectivity index (χ3n) is 4.54. The Morgan fingerprint density at radius 2 is 2.00 bits per heavy atom. The third-order valence-corrected chi connectivity index (χ3v) is 4.54. The molecule has 0 spiro atoms. The number of ether oxygens (including phenoxy) is 2. The van der Waals surface area contributed by atoms with Crippen molar-refractivity contribution in [2.45, 2.75) is 31.8 Å². The Balaban J connectivity index is 1.59. The maximum Gasteiger partial charge on any atom is 0.353 e. The van der Waals surface area contributed by atoms with E-state index in [4.69, 9.17) is 9.47 Å². The maximum absolute atomic E-state index is 14.0. The zero-order valence-electron chi connectivity index (χ0n) is 13.0. The second-order valence-electron chi connectivity index (χ2n) is 6.20. The second kappa shape index (κ2) is 5.44. The molecule has 2 aromatic carbocycles. The van der Waals surface area contributed by atoms with Crippen molar-refractivity contribution in [1.29, 1.82) is 0 Å². The van der Waals surface area contributed by atoms with Crippen LogP contribution < -0.4 is 9.47 Å². The number of rotatable bonds is 2. The molecule has 0 aromatic heterocycles. The van der Waals surface area contributed by atoms with Gasteiger partial charge in [0, 0.05) is 18.4 Å². The van der Waals surface area contributed by atoms with Gasteiger partial charge in [0.1, 0.15) is 17.3 Å². The average molecular weight is 326 g/mol. The normalized spacial score (nSPS) is 21.2. The summed E-state index contributed by atoms with van der Waals surface area (Å²) in [5.74, 6) is -0.646. The summed E-state index contributed by atoms with van der Waals surface area (Å²) >= 11 is 0. The minimum Gasteiger partial charge on any atom is -0.478 e. The van der Waals surface area contributed by atoms with Crippen molar-refractivity contribution in [3.05, 3.63) is 58.9 Å². The van der Waals surface area contributed by atoms with Crippen LogP contribution in [0.1, 0.15) is 40.7 Å². The minimum atomic E-state index is -0.753. The van der Waals surface area contributed by atoms with Gasteiger partial charge in [0.05, 0.1) is 5.56 Å². The number of halogens is 1. The van der Waals surface area contributed by atoms with E-state index in [1.165, 1.54) is 12.1 Å². The summed E-state index contributed by atoms with van der Waals surface area (Å²) in [6.45, 7) is 1.79. The summed E-state index contributed by atoms with van der Waals surface area (Å²) in [6.07, 6.45) is -0.105. The van der Waals surface area contributed by atoms with E-state index in [2.05, 4.69) is 0 Å². The summed E-state index contributed by atoms with van der Waals surface area (Å²) in [5, 5.41) is 0. The van der Waals surface area contributed by atoms with E-state index in [1.807, 2.05) is 18.2 Å². The molecule has 1 aliphatic heterocycles. The van der Waals surface area contributed by atoms with Gasteiger partial charge in [-0.1, -0.05) is 25.1 Å². The smallest absolute Gasteiger partial charge is 0.353 e. The average Bonchev–Trinajstić information content (AvgIpc) is 3.12. The highest BCUT2D eigenvalue weighted by molar-refractivity contribution is 6.04. The Labute approximate surface area is 138 Å². The van der Waals surface area contributed by atoms with Crippen LogP contribution in [0.15, 0.2) is 36.4 Å². The van der Waals surface area contributed by atoms with Gasteiger partial charge in [-0.15, -0.1) is 0 Å². The van der Waals surface area contributed by atoms with E-state index in [9.17, 15) is 14.0 Å². The van der Waals surface area contributed by atoms with Crippen LogP contribution in [0.3, 0.4) is 0 Å². The maximum atomic E-state index is 14.0. The van der Waals surface area contributed by atoms with Gasteiger partial charge in [-0.05, 0) is 29.7 Å². The molecule has 0 fully saturated rings. The van der Waals surface area contributed by atoms with Crippen molar-refractivity contribution in [1.82, 2.24) is 0 Å². The number of hydrogen-bond acceptors (Lipinski definition) is 4. The third kappa shape index (κ3) is 2.28. The van der Waals surface area contributed by atoms with Crippen molar-refractivity contribution in [2.24, 2.45) is 0 Å². The number of carbonyl (C=O) groups is 2. The van der Waals surface area contributed by atoms with Gasteiger partial charge >= 0.3 is 5.97 Å². The van der Waals surface area contributed by atoms with Gasteiger partial charge in [-0.2, -0.15) is 0 Å². The van der Waals surface area contributed by atoms with E-state index in [0.717, 1.165) is 5.56 Å². The van der Waals surface area contributed by atoms with E-state index in [0.29, 0.717) is 17.7 Å². The highest BCUT2D eigenvalue weighted by Gasteiger charge is 2.35. The molecule has 4 rings (SSSR count). The summed E-state index contributed by atoms with van der Waals surface area (Å²) < 4.78 is 25.0. The molecule has 122 valence electrons. The Morgan fingerprint density at radius 3 is 2.79 bits per heavy atom. The number of ketones is 1. The monoisotopic (exact) mass is 326 g/mol. The van der Waals surface area contributed by atoms with Crippen LogP contribution in [0.5, 0.6) is 11.5 Å². The van der Waals surface area contributed by atoms with Gasteiger partial charge < -0.3 is 9.47 Å². The van der Waals surface area contributed by atoms with Crippen LogP contribution in [0, 0.1) is 5.82 Å². The number of Topliss-reactive ketones (excluding diaryl/α,β-unsaturated/α-hetero) is 1. The highest BCUT2D eigenvalue weighted by atomic mass is 19.1. The second-order valence-corrected chi connectivity index (χ2v) is 6.20. The van der Waals surface area contributed by atoms with Gasteiger partial charge in [-0.25, -0.2) is 9.18 Å². The van der Waals surface area contributed by atoms with Crippen molar-refractivity contribution >= 4 is 11.8 Å². The van der Waals surface area contributed by atoms with Crippen molar-refractivity contribution in [3.8, 4) is 11.5 Å². The Hall–Kier alpha value is -2.69. The number of fused-ring (bicyclic) bond motifs is 2. The molecule has 0 saturated carbocycles. The number of esters is 1. The zero-order valence-corrected chi connectivity index (χ0v) is 13.0. The summed E-state index contributed by atoms with van der Waals surface area (Å²) in [4.78, 5) is 24.5. The minimum absolute atomic E-state index is 0.116. The molecule has 0 saturated heterocycles. The number of para-hydroxylation sites is 1. The number of hydrogen-bond donors (Lipinski definition) is 0. The van der Waals surface area contributed by atoms with Crippen LogP contribution in [-0.2, 0) is 11.2 Å². The van der Waals surface area contributed by atoms with Crippen molar-refractivity contribution < 1.29 is 23.5 Å². The molecule has 2 atom stereocenters. The lowest BCUT2D eigenvalue weighted by atomic mass is 10.0. The molecule has 0 radical (unpaired) electrons. The van der Waals surface area contributed by atoms with Gasteiger partial charge in [0.25, 0.3) is 0 Å². The topological polar surface area (TPSA) is 52.6 Å². The Morgan fingerprint density at radius 1 is 1.21 bits per heavy atom. The predicted octanol–water partition coefficient (Wildman–Crippen LogP) is 3.42. The molecule has 24 heavy (non-hydrogen) atoms. The SMILES string of the molecule is CC1CC(=O)c2c(OC(=O)C3Cc4ccccc4O3)ccc(F)c21. The molecule has 2 aliphatic rings. The summed E-state index contributed by atoms with van der Waals surface area (Å²) in [6, 6.07) is 9.97. The first-order valence-corrected chi connectivity index (χ1v) is 7.86. The zero-order chi connectivity index (χ0) is 16.8. The van der Waals surface area contributed by atoms with Gasteiger partial charge in [-0.3, -0.25) is 4.79 Å². The standard InChI is InChI=1S/C19H15FO4/c1-10-8-13(21)18-15(7-6-12(20)17(10)18)24-19(22)16-9-11-4-2-3-5-14(11)23-16/h2-7,10,16H,8-9H2,1H3. The van der Waals surface area contributed by atoms with Gasteiger partial charge in [0.15, 0.2) is 11.9 Å². The lowest BCUT2D eigenvalue weighted by molar-refractivity contribution is -0.141. The first-order valence-electron chi connectivity index (χ1n) is 7.86. The molecule has 1 heterocycles. The first kappa shape index (κ1) is 14.9. The van der Waals surface area contributed by atoms with Gasteiger partial charge in [0.2, 0.25) is 0 Å². The molecule has 0 amide bonds. The Kier molecular flexibility index (Phi) is 3.37. The fraction of sp³-hybridized carbons (Fsp3) is 0.263. The molecule has 2 unspecified atom stereocenters. The predicted molar refractivity (Wildman–Crippen MR) is 84.0 cm³/mol. The molecule has 4 nitrogen and oxygen atoms in total. The highest BCUT2D eigenvalue weighted by Crippen LogP contribution is 2.40. The van der Waals surface area contributed by atoms with Crippen LogP contribution in [0.25, 0.3) is 0 Å². The van der Waals surface area contributed by atoms with Crippen LogP contribution in [0.2, 0.25) is 0 Å². The molecule has 1 aliphatic carbocycles. The van der Waals surface area contributed by atoms with Crippen molar-refractivity contribution in [2.75, 3.05) is 0 Å². The fourth-order valence-electron chi connectivity index (χ4n) is 3.40. The van der Waals surface area contributed by atoms with E-state index >= 15 is 0 Å². The lowest BCUT2D eigenvalue weighted by Gasteiger charge is -2.13. The molecular formula is C19H15FO4. The largest absolute Gasteiger partial charge is 0.478 e. The summed E-state index contributed by atoms with van der Waals surface area (Å²) in [7, 11) is 0. The molecule has 2 aromatic rings. The quantitative estimate of drug-likeness (QED) is 0.627. The van der Waals surface area contributed by atoms with Crippen LogP contribution in [0.4, 0.5) is 4.39 Å². The van der Waals surface area contributed by atoms with E-state index in [-0.39, 0.29) is 29.4 Å². The Bertz CT molecular complexity index is 833. The number of carbonyl (C=O) groups excluding carboxylic acids is 2. The van der Waals surface area contributed by atoms with Crippen LogP contribution in [-0.4, -0.2) is 17.9 Å². The molecule has 0 N–H and O–H groups in total.